The summed E-state index contributed by atoms with van der Waals surface area (Å²) < 4.78 is 38.9. The molecule has 7 nitrogen and oxygen atoms in total. The van der Waals surface area contributed by atoms with Gasteiger partial charge in [-0.3, -0.25) is 9.10 Å². The van der Waals surface area contributed by atoms with Crippen molar-refractivity contribution in [2.24, 2.45) is 0 Å². The number of amides is 1. The number of hydrogen-bond donors (Lipinski definition) is 0. The summed E-state index contributed by atoms with van der Waals surface area (Å²) in [6, 6.07) is 13.0. The van der Waals surface area contributed by atoms with Gasteiger partial charge in [0.05, 0.1) is 24.8 Å². The van der Waals surface area contributed by atoms with Crippen LogP contribution in [0.4, 0.5) is 5.69 Å². The molecule has 1 aliphatic heterocycles. The Morgan fingerprint density at radius 3 is 2.23 bits per heavy atom. The molecule has 0 aromatic heterocycles. The highest BCUT2D eigenvalue weighted by Gasteiger charge is 2.31. The number of ether oxygens (including phenoxy) is 2. The van der Waals surface area contributed by atoms with Crippen LogP contribution in [0.3, 0.4) is 0 Å². The zero-order valence-corrected chi connectivity index (χ0v) is 18.2. The number of carbonyl (C=O) groups is 1. The SMILES string of the molecule is COc1ccc(OC)c(N(CC(=O)N2CCCCCC2)S(=O)(=O)c2ccccc2)c1. The van der Waals surface area contributed by atoms with Crippen molar-refractivity contribution in [3.63, 3.8) is 0 Å². The van der Waals surface area contributed by atoms with Crippen LogP contribution < -0.4 is 13.8 Å². The third kappa shape index (κ3) is 4.87. The van der Waals surface area contributed by atoms with Gasteiger partial charge in [0.2, 0.25) is 5.91 Å². The van der Waals surface area contributed by atoms with Gasteiger partial charge in [0.1, 0.15) is 18.0 Å². The summed E-state index contributed by atoms with van der Waals surface area (Å²) in [5.74, 6) is 0.599. The van der Waals surface area contributed by atoms with Crippen LogP contribution in [0.15, 0.2) is 53.4 Å². The van der Waals surface area contributed by atoms with E-state index in [4.69, 9.17) is 9.47 Å². The Balaban J connectivity index is 2.04. The molecule has 1 heterocycles. The number of rotatable bonds is 7. The largest absolute Gasteiger partial charge is 0.497 e. The molecule has 0 spiro atoms. The molecule has 0 unspecified atom stereocenters. The summed E-state index contributed by atoms with van der Waals surface area (Å²) in [6.45, 7) is 0.987. The molecule has 0 saturated carbocycles. The monoisotopic (exact) mass is 432 g/mol. The standard InChI is InChI=1S/C22H28N2O5S/c1-28-18-12-13-21(29-2)20(16-18)24(30(26,27)19-10-6-5-7-11-19)17-22(25)23-14-8-3-4-9-15-23/h5-7,10-13,16H,3-4,8-9,14-15,17H2,1-2H3. The second kappa shape index (κ2) is 9.84. The fourth-order valence-corrected chi connectivity index (χ4v) is 4.99. The van der Waals surface area contributed by atoms with E-state index in [-0.39, 0.29) is 23.0 Å². The van der Waals surface area contributed by atoms with Gasteiger partial charge in [-0.15, -0.1) is 0 Å². The second-order valence-electron chi connectivity index (χ2n) is 7.16. The molecule has 0 bridgehead atoms. The van der Waals surface area contributed by atoms with E-state index < -0.39 is 10.0 Å². The zero-order chi connectivity index (χ0) is 21.6. The van der Waals surface area contributed by atoms with Crippen LogP contribution in [0.25, 0.3) is 0 Å². The van der Waals surface area contributed by atoms with Crippen molar-refractivity contribution >= 4 is 21.6 Å². The molecular weight excluding hydrogens is 404 g/mol. The van der Waals surface area contributed by atoms with Crippen molar-refractivity contribution in [2.75, 3.05) is 38.2 Å². The predicted octanol–water partition coefficient (Wildman–Crippen LogP) is 3.30. The minimum atomic E-state index is -4.00. The first-order chi connectivity index (χ1) is 14.5. The maximum Gasteiger partial charge on any atom is 0.264 e. The minimum Gasteiger partial charge on any atom is -0.497 e. The number of hydrogen-bond acceptors (Lipinski definition) is 5. The maximum atomic E-state index is 13.5. The lowest BCUT2D eigenvalue weighted by Gasteiger charge is -2.29. The summed E-state index contributed by atoms with van der Waals surface area (Å²) in [5.41, 5.74) is 0.267. The lowest BCUT2D eigenvalue weighted by Crippen LogP contribution is -2.43. The smallest absolute Gasteiger partial charge is 0.264 e. The van der Waals surface area contributed by atoms with Gasteiger partial charge in [-0.05, 0) is 37.1 Å². The lowest BCUT2D eigenvalue weighted by atomic mass is 10.2. The molecule has 0 radical (unpaired) electrons. The van der Waals surface area contributed by atoms with Crippen LogP contribution in [-0.2, 0) is 14.8 Å². The van der Waals surface area contributed by atoms with Crippen molar-refractivity contribution in [2.45, 2.75) is 30.6 Å². The minimum absolute atomic E-state index is 0.110. The highest BCUT2D eigenvalue weighted by molar-refractivity contribution is 7.92. The Bertz CT molecular complexity index is 955. The number of carbonyl (C=O) groups excluding carboxylic acids is 1. The Morgan fingerprint density at radius 1 is 0.967 bits per heavy atom. The van der Waals surface area contributed by atoms with E-state index in [0.29, 0.717) is 24.6 Å². The van der Waals surface area contributed by atoms with E-state index in [0.717, 1.165) is 30.0 Å². The number of methoxy groups -OCH3 is 2. The van der Waals surface area contributed by atoms with E-state index in [1.54, 1.807) is 41.3 Å². The molecule has 1 saturated heterocycles. The molecule has 0 N–H and O–H groups in total. The molecule has 0 atom stereocenters. The van der Waals surface area contributed by atoms with Crippen LogP contribution in [0.2, 0.25) is 0 Å². The van der Waals surface area contributed by atoms with Crippen LogP contribution in [0, 0.1) is 0 Å². The predicted molar refractivity (Wildman–Crippen MR) is 116 cm³/mol. The van der Waals surface area contributed by atoms with Gasteiger partial charge in [-0.2, -0.15) is 0 Å². The van der Waals surface area contributed by atoms with E-state index in [1.807, 2.05) is 0 Å². The van der Waals surface area contributed by atoms with E-state index in [1.165, 1.54) is 26.4 Å². The summed E-state index contributed by atoms with van der Waals surface area (Å²) in [6.07, 6.45) is 4.03. The molecular formula is C22H28N2O5S. The molecule has 30 heavy (non-hydrogen) atoms. The Labute approximate surface area is 178 Å². The van der Waals surface area contributed by atoms with E-state index in [9.17, 15) is 13.2 Å². The molecule has 2 aromatic rings. The molecule has 2 aromatic carbocycles. The molecule has 1 fully saturated rings. The topological polar surface area (TPSA) is 76.2 Å². The third-order valence-corrected chi connectivity index (χ3v) is 7.00. The Hall–Kier alpha value is -2.74. The fraction of sp³-hybridized carbons (Fsp3) is 0.409. The highest BCUT2D eigenvalue weighted by atomic mass is 32.2. The molecule has 1 aliphatic rings. The number of sulfonamides is 1. The molecule has 0 aliphatic carbocycles. The van der Waals surface area contributed by atoms with Gasteiger partial charge in [0.15, 0.2) is 0 Å². The van der Waals surface area contributed by atoms with Gasteiger partial charge < -0.3 is 14.4 Å². The van der Waals surface area contributed by atoms with Crippen LogP contribution in [-0.4, -0.2) is 53.1 Å². The molecule has 3 rings (SSSR count). The Morgan fingerprint density at radius 2 is 1.63 bits per heavy atom. The average molecular weight is 433 g/mol. The molecule has 162 valence electrons. The van der Waals surface area contributed by atoms with Gasteiger partial charge in [-0.25, -0.2) is 8.42 Å². The first-order valence-electron chi connectivity index (χ1n) is 10.0. The van der Waals surface area contributed by atoms with Gasteiger partial charge >= 0.3 is 0 Å². The first kappa shape index (κ1) is 22.0. The lowest BCUT2D eigenvalue weighted by molar-refractivity contribution is -0.129. The number of likely N-dealkylation sites (tertiary alicyclic amines) is 1. The summed E-state index contributed by atoms with van der Waals surface area (Å²) in [7, 11) is -1.03. The van der Waals surface area contributed by atoms with Gasteiger partial charge in [0.25, 0.3) is 10.0 Å². The van der Waals surface area contributed by atoms with Crippen molar-refractivity contribution in [1.29, 1.82) is 0 Å². The van der Waals surface area contributed by atoms with Crippen LogP contribution in [0.1, 0.15) is 25.7 Å². The van der Waals surface area contributed by atoms with Gasteiger partial charge in [0, 0.05) is 19.2 Å². The summed E-state index contributed by atoms with van der Waals surface area (Å²) >= 11 is 0. The quantitative estimate of drug-likeness (QED) is 0.671. The maximum absolute atomic E-state index is 13.5. The number of benzene rings is 2. The highest BCUT2D eigenvalue weighted by Crippen LogP contribution is 2.35. The summed E-state index contributed by atoms with van der Waals surface area (Å²) in [5, 5.41) is 0. The van der Waals surface area contributed by atoms with Crippen molar-refractivity contribution < 1.29 is 22.7 Å². The second-order valence-corrected chi connectivity index (χ2v) is 9.02. The Kier molecular flexibility index (Phi) is 7.20. The average Bonchev–Trinajstić information content (AvgIpc) is 3.07. The van der Waals surface area contributed by atoms with E-state index in [2.05, 4.69) is 0 Å². The summed E-state index contributed by atoms with van der Waals surface area (Å²) in [4.78, 5) is 15.0. The van der Waals surface area contributed by atoms with Crippen molar-refractivity contribution in [1.82, 2.24) is 4.90 Å². The number of nitrogens with zero attached hydrogens (tertiary/aromatic N) is 2. The number of anilines is 1. The van der Waals surface area contributed by atoms with Crippen LogP contribution in [0.5, 0.6) is 11.5 Å². The normalized spacial score (nSPS) is 14.7. The van der Waals surface area contributed by atoms with E-state index >= 15 is 0 Å². The molecule has 8 heteroatoms. The molecule has 1 amide bonds. The van der Waals surface area contributed by atoms with Gasteiger partial charge in [-0.1, -0.05) is 31.0 Å². The van der Waals surface area contributed by atoms with Crippen molar-refractivity contribution in [3.8, 4) is 11.5 Å². The van der Waals surface area contributed by atoms with Crippen molar-refractivity contribution in [3.05, 3.63) is 48.5 Å². The zero-order valence-electron chi connectivity index (χ0n) is 17.4. The third-order valence-electron chi connectivity index (χ3n) is 5.22. The van der Waals surface area contributed by atoms with Crippen LogP contribution >= 0.6 is 0 Å². The fourth-order valence-electron chi connectivity index (χ4n) is 3.55. The first-order valence-corrected chi connectivity index (χ1v) is 11.5.